The van der Waals surface area contributed by atoms with Crippen LogP contribution in [0.5, 0.6) is 0 Å². The van der Waals surface area contributed by atoms with Crippen molar-refractivity contribution >= 4 is 5.57 Å². The summed E-state index contributed by atoms with van der Waals surface area (Å²) in [6.45, 7) is 6.11. The number of hydrogen-bond acceptors (Lipinski definition) is 1. The third kappa shape index (κ3) is 4.15. The van der Waals surface area contributed by atoms with Crippen LogP contribution in [0.25, 0.3) is 5.57 Å². The van der Waals surface area contributed by atoms with Crippen LogP contribution in [0.3, 0.4) is 0 Å². The van der Waals surface area contributed by atoms with Crippen molar-refractivity contribution in [2.24, 2.45) is 0 Å². The molecule has 0 spiro atoms. The average molecular weight is 221 g/mol. The first-order chi connectivity index (χ1) is 7.75. The quantitative estimate of drug-likeness (QED) is 0.723. The summed E-state index contributed by atoms with van der Waals surface area (Å²) in [5.74, 6) is -0.141. The smallest absolute Gasteiger partial charge is 0.130 e. The van der Waals surface area contributed by atoms with E-state index in [-0.39, 0.29) is 5.82 Å². The van der Waals surface area contributed by atoms with Crippen molar-refractivity contribution in [3.8, 4) is 0 Å². The normalized spacial score (nSPS) is 11.8. The van der Waals surface area contributed by atoms with E-state index < -0.39 is 0 Å². The van der Waals surface area contributed by atoms with Crippen LogP contribution in [0.15, 0.2) is 30.3 Å². The second-order valence-electron chi connectivity index (χ2n) is 3.91. The van der Waals surface area contributed by atoms with Gasteiger partial charge in [0.2, 0.25) is 0 Å². The van der Waals surface area contributed by atoms with Gasteiger partial charge in [0.1, 0.15) is 5.82 Å². The fourth-order valence-electron chi connectivity index (χ4n) is 1.58. The lowest BCUT2D eigenvalue weighted by atomic mass is 10.1. The van der Waals surface area contributed by atoms with Crippen molar-refractivity contribution in [1.29, 1.82) is 0 Å². The molecule has 0 bridgehead atoms. The van der Waals surface area contributed by atoms with Gasteiger partial charge >= 0.3 is 0 Å². The molecule has 0 fully saturated rings. The number of hydrogen-bond donors (Lipinski definition) is 1. The fraction of sp³-hybridized carbons (Fsp3) is 0.429. The van der Waals surface area contributed by atoms with Gasteiger partial charge in [-0.2, -0.15) is 0 Å². The highest BCUT2D eigenvalue weighted by Crippen LogP contribution is 2.17. The number of halogens is 1. The van der Waals surface area contributed by atoms with E-state index in [9.17, 15) is 4.39 Å². The molecule has 1 aromatic rings. The highest BCUT2D eigenvalue weighted by atomic mass is 19.1. The molecule has 1 rings (SSSR count). The Balaban J connectivity index is 2.47. The second-order valence-corrected chi connectivity index (χ2v) is 3.91. The zero-order valence-electron chi connectivity index (χ0n) is 10.1. The molecule has 0 saturated carbocycles. The van der Waals surface area contributed by atoms with E-state index in [0.717, 1.165) is 31.5 Å². The maximum absolute atomic E-state index is 13.4. The SMILES string of the molecule is CCCNCCC=C(C)c1ccccc1F. The fourth-order valence-corrected chi connectivity index (χ4v) is 1.58. The highest BCUT2D eigenvalue weighted by molar-refractivity contribution is 5.63. The zero-order chi connectivity index (χ0) is 11.8. The van der Waals surface area contributed by atoms with Gasteiger partial charge in [0.05, 0.1) is 0 Å². The minimum atomic E-state index is -0.141. The summed E-state index contributed by atoms with van der Waals surface area (Å²) in [6, 6.07) is 6.91. The van der Waals surface area contributed by atoms with Crippen LogP contribution in [0.2, 0.25) is 0 Å². The number of nitrogens with one attached hydrogen (secondary N) is 1. The van der Waals surface area contributed by atoms with E-state index in [2.05, 4.69) is 18.3 Å². The van der Waals surface area contributed by atoms with Crippen LogP contribution >= 0.6 is 0 Å². The third-order valence-electron chi connectivity index (χ3n) is 2.50. The lowest BCUT2D eigenvalue weighted by molar-refractivity contribution is 0.623. The summed E-state index contributed by atoms with van der Waals surface area (Å²) in [6.07, 6.45) is 4.18. The summed E-state index contributed by atoms with van der Waals surface area (Å²) in [7, 11) is 0. The molecule has 0 atom stereocenters. The van der Waals surface area contributed by atoms with E-state index in [1.54, 1.807) is 6.07 Å². The van der Waals surface area contributed by atoms with Crippen LogP contribution in [-0.4, -0.2) is 13.1 Å². The Morgan fingerprint density at radius 3 is 2.75 bits per heavy atom. The predicted octanol–water partition coefficient (Wildman–Crippen LogP) is 3.62. The molecule has 0 amide bonds. The van der Waals surface area contributed by atoms with Gasteiger partial charge in [-0.15, -0.1) is 0 Å². The van der Waals surface area contributed by atoms with Gasteiger partial charge in [0.15, 0.2) is 0 Å². The monoisotopic (exact) mass is 221 g/mol. The number of rotatable bonds is 6. The molecule has 1 nitrogen and oxygen atoms in total. The summed E-state index contributed by atoms with van der Waals surface area (Å²) < 4.78 is 13.4. The highest BCUT2D eigenvalue weighted by Gasteiger charge is 2.01. The predicted molar refractivity (Wildman–Crippen MR) is 67.8 cm³/mol. The van der Waals surface area contributed by atoms with Gasteiger partial charge in [0, 0.05) is 5.56 Å². The Labute approximate surface area is 97.4 Å². The first kappa shape index (κ1) is 12.9. The number of benzene rings is 1. The molecule has 0 aromatic heterocycles. The van der Waals surface area contributed by atoms with Gasteiger partial charge < -0.3 is 5.32 Å². The van der Waals surface area contributed by atoms with Crippen LogP contribution < -0.4 is 5.32 Å². The second kappa shape index (κ2) is 7.18. The van der Waals surface area contributed by atoms with E-state index in [4.69, 9.17) is 0 Å². The Hall–Kier alpha value is -1.15. The first-order valence-corrected chi connectivity index (χ1v) is 5.88. The summed E-state index contributed by atoms with van der Waals surface area (Å²) in [5, 5.41) is 3.32. The molecule has 0 heterocycles. The Morgan fingerprint density at radius 2 is 2.06 bits per heavy atom. The molecule has 0 radical (unpaired) electrons. The maximum Gasteiger partial charge on any atom is 0.130 e. The van der Waals surface area contributed by atoms with Gasteiger partial charge in [-0.05, 0) is 44.5 Å². The number of allylic oxidation sites excluding steroid dienone is 1. The molecule has 0 aliphatic carbocycles. The molecule has 1 N–H and O–H groups in total. The molecular formula is C14H20FN. The zero-order valence-corrected chi connectivity index (χ0v) is 10.1. The summed E-state index contributed by atoms with van der Waals surface area (Å²) in [5.41, 5.74) is 1.72. The van der Waals surface area contributed by atoms with E-state index in [1.165, 1.54) is 6.07 Å². The molecule has 0 aliphatic heterocycles. The van der Waals surface area contributed by atoms with E-state index in [1.807, 2.05) is 19.1 Å². The van der Waals surface area contributed by atoms with Crippen molar-refractivity contribution in [3.63, 3.8) is 0 Å². The van der Waals surface area contributed by atoms with Gasteiger partial charge in [-0.25, -0.2) is 4.39 Å². The third-order valence-corrected chi connectivity index (χ3v) is 2.50. The van der Waals surface area contributed by atoms with Crippen LogP contribution in [0, 0.1) is 5.82 Å². The molecule has 0 saturated heterocycles. The Morgan fingerprint density at radius 1 is 1.31 bits per heavy atom. The van der Waals surface area contributed by atoms with Gasteiger partial charge in [-0.3, -0.25) is 0 Å². The van der Waals surface area contributed by atoms with Crippen molar-refractivity contribution in [2.75, 3.05) is 13.1 Å². The minimum Gasteiger partial charge on any atom is -0.316 e. The molecule has 1 aromatic carbocycles. The van der Waals surface area contributed by atoms with E-state index >= 15 is 0 Å². The largest absolute Gasteiger partial charge is 0.316 e. The first-order valence-electron chi connectivity index (χ1n) is 5.88. The van der Waals surface area contributed by atoms with Crippen LogP contribution in [0.4, 0.5) is 4.39 Å². The molecule has 0 aliphatic rings. The molecule has 0 unspecified atom stereocenters. The van der Waals surface area contributed by atoms with Crippen LogP contribution in [-0.2, 0) is 0 Å². The van der Waals surface area contributed by atoms with Crippen LogP contribution in [0.1, 0.15) is 32.3 Å². The Bertz CT molecular complexity index is 344. The standard InChI is InChI=1S/C14H20FN/c1-3-10-16-11-6-7-12(2)13-8-4-5-9-14(13)15/h4-5,7-9,16H,3,6,10-11H2,1-2H3. The molecule has 2 heteroatoms. The molecule has 88 valence electrons. The average Bonchev–Trinajstić information content (AvgIpc) is 2.29. The van der Waals surface area contributed by atoms with Crippen molar-refractivity contribution in [2.45, 2.75) is 26.7 Å². The summed E-state index contributed by atoms with van der Waals surface area (Å²) >= 11 is 0. The topological polar surface area (TPSA) is 12.0 Å². The lowest BCUT2D eigenvalue weighted by Gasteiger charge is -2.04. The van der Waals surface area contributed by atoms with Crippen molar-refractivity contribution in [3.05, 3.63) is 41.7 Å². The molecule has 16 heavy (non-hydrogen) atoms. The Kier molecular flexibility index (Phi) is 5.79. The van der Waals surface area contributed by atoms with Gasteiger partial charge in [-0.1, -0.05) is 31.2 Å². The summed E-state index contributed by atoms with van der Waals surface area (Å²) in [4.78, 5) is 0. The minimum absolute atomic E-state index is 0.141. The lowest BCUT2D eigenvalue weighted by Crippen LogP contribution is -2.15. The van der Waals surface area contributed by atoms with Gasteiger partial charge in [0.25, 0.3) is 0 Å². The van der Waals surface area contributed by atoms with Crippen molar-refractivity contribution in [1.82, 2.24) is 5.32 Å². The van der Waals surface area contributed by atoms with E-state index in [0.29, 0.717) is 5.56 Å². The van der Waals surface area contributed by atoms with Crippen molar-refractivity contribution < 1.29 is 4.39 Å². The maximum atomic E-state index is 13.4. The molecular weight excluding hydrogens is 201 g/mol.